The molecule has 1 aliphatic heterocycles. The molecule has 0 radical (unpaired) electrons. The van der Waals surface area contributed by atoms with E-state index < -0.39 is 17.9 Å². The summed E-state index contributed by atoms with van der Waals surface area (Å²) in [6.07, 6.45) is 0.0621. The van der Waals surface area contributed by atoms with Crippen molar-refractivity contribution in [1.82, 2.24) is 4.90 Å². The van der Waals surface area contributed by atoms with Gasteiger partial charge in [-0.1, -0.05) is 6.07 Å². The van der Waals surface area contributed by atoms with Gasteiger partial charge in [-0.2, -0.15) is 0 Å². The number of ether oxygens (including phenoxy) is 1. The number of nitrogens with zero attached hydrogens (tertiary/aromatic N) is 2. The van der Waals surface area contributed by atoms with Crippen LogP contribution in [0.15, 0.2) is 18.2 Å². The first kappa shape index (κ1) is 17.8. The lowest BCUT2D eigenvalue weighted by molar-refractivity contribution is -0.149. The van der Waals surface area contributed by atoms with Crippen LogP contribution in [0.2, 0.25) is 0 Å². The molecule has 2 unspecified atom stereocenters. The van der Waals surface area contributed by atoms with Crippen LogP contribution in [-0.4, -0.2) is 54.5 Å². The summed E-state index contributed by atoms with van der Waals surface area (Å²) in [5.74, 6) is -1.59. The van der Waals surface area contributed by atoms with E-state index in [0.717, 1.165) is 5.56 Å². The Morgan fingerprint density at radius 1 is 1.42 bits per heavy atom. The van der Waals surface area contributed by atoms with Gasteiger partial charge in [-0.3, -0.25) is 9.59 Å². The standard InChI is InChI=1S/C17H22N2O5/c1-10-5-6-14(24-4)13(7-10)19-9-12(8-15(19)20)16(21)18(3)11(2)17(22)23/h5-7,11-12H,8-9H2,1-4H3,(H,22,23). The first-order valence-electron chi connectivity index (χ1n) is 7.70. The van der Waals surface area contributed by atoms with Crippen molar-refractivity contribution in [1.29, 1.82) is 0 Å². The smallest absolute Gasteiger partial charge is 0.326 e. The highest BCUT2D eigenvalue weighted by Gasteiger charge is 2.39. The summed E-state index contributed by atoms with van der Waals surface area (Å²) in [6, 6.07) is 4.57. The number of aryl methyl sites for hydroxylation is 1. The number of benzene rings is 1. The molecule has 1 aliphatic rings. The second-order valence-corrected chi connectivity index (χ2v) is 6.04. The summed E-state index contributed by atoms with van der Waals surface area (Å²) in [5, 5.41) is 9.04. The fourth-order valence-corrected chi connectivity index (χ4v) is 2.76. The first-order valence-corrected chi connectivity index (χ1v) is 7.70. The molecule has 1 saturated heterocycles. The number of hydrogen-bond acceptors (Lipinski definition) is 4. The van der Waals surface area contributed by atoms with E-state index in [-0.39, 0.29) is 24.8 Å². The molecule has 1 N–H and O–H groups in total. The lowest BCUT2D eigenvalue weighted by Gasteiger charge is -2.25. The van der Waals surface area contributed by atoms with Crippen LogP contribution in [0.3, 0.4) is 0 Å². The summed E-state index contributed by atoms with van der Waals surface area (Å²) >= 11 is 0. The number of carbonyl (C=O) groups excluding carboxylic acids is 2. The molecule has 0 bridgehead atoms. The molecule has 7 heteroatoms. The number of rotatable bonds is 5. The highest BCUT2D eigenvalue weighted by atomic mass is 16.5. The molecule has 0 aliphatic carbocycles. The zero-order valence-electron chi connectivity index (χ0n) is 14.3. The predicted octanol–water partition coefficient (Wildman–Crippen LogP) is 1.29. The molecule has 1 heterocycles. The number of carboxylic acid groups (broad SMARTS) is 1. The van der Waals surface area contributed by atoms with E-state index in [0.29, 0.717) is 11.4 Å². The molecule has 0 spiro atoms. The van der Waals surface area contributed by atoms with Crippen molar-refractivity contribution in [3.63, 3.8) is 0 Å². The van der Waals surface area contributed by atoms with E-state index in [9.17, 15) is 14.4 Å². The van der Waals surface area contributed by atoms with E-state index >= 15 is 0 Å². The largest absolute Gasteiger partial charge is 0.495 e. The van der Waals surface area contributed by atoms with E-state index in [4.69, 9.17) is 9.84 Å². The quantitative estimate of drug-likeness (QED) is 0.877. The SMILES string of the molecule is COc1ccc(C)cc1N1CC(C(=O)N(C)C(C)C(=O)O)CC1=O. The number of amides is 2. The second-order valence-electron chi connectivity index (χ2n) is 6.04. The molecule has 1 aromatic rings. The molecule has 0 aromatic heterocycles. The Morgan fingerprint density at radius 3 is 2.67 bits per heavy atom. The maximum absolute atomic E-state index is 12.5. The van der Waals surface area contributed by atoms with Crippen molar-refractivity contribution in [2.24, 2.45) is 5.92 Å². The van der Waals surface area contributed by atoms with Crippen LogP contribution in [0.1, 0.15) is 18.9 Å². The molecule has 130 valence electrons. The Balaban J connectivity index is 2.21. The molecule has 2 amide bonds. The van der Waals surface area contributed by atoms with Crippen LogP contribution in [-0.2, 0) is 14.4 Å². The Bertz CT molecular complexity index is 673. The van der Waals surface area contributed by atoms with Crippen LogP contribution >= 0.6 is 0 Å². The summed E-state index contributed by atoms with van der Waals surface area (Å²) in [5.41, 5.74) is 1.61. The zero-order valence-corrected chi connectivity index (χ0v) is 14.3. The molecular formula is C17H22N2O5. The number of likely N-dealkylation sites (N-methyl/N-ethyl adjacent to an activating group) is 1. The highest BCUT2D eigenvalue weighted by Crippen LogP contribution is 2.34. The van der Waals surface area contributed by atoms with Gasteiger partial charge >= 0.3 is 5.97 Å². The third-order valence-corrected chi connectivity index (χ3v) is 4.39. The van der Waals surface area contributed by atoms with Gasteiger partial charge in [0.2, 0.25) is 11.8 Å². The Morgan fingerprint density at radius 2 is 2.08 bits per heavy atom. The van der Waals surface area contributed by atoms with Crippen LogP contribution in [0.25, 0.3) is 0 Å². The number of anilines is 1. The van der Waals surface area contributed by atoms with Crippen molar-refractivity contribution in [3.05, 3.63) is 23.8 Å². The summed E-state index contributed by atoms with van der Waals surface area (Å²) in [6.45, 7) is 3.57. The third kappa shape index (κ3) is 3.34. The Kier molecular flexibility index (Phi) is 5.11. The van der Waals surface area contributed by atoms with Crippen molar-refractivity contribution < 1.29 is 24.2 Å². The number of carbonyl (C=O) groups is 3. The van der Waals surface area contributed by atoms with Crippen LogP contribution in [0.5, 0.6) is 5.75 Å². The van der Waals surface area contributed by atoms with Crippen molar-refractivity contribution in [2.45, 2.75) is 26.3 Å². The van der Waals surface area contributed by atoms with E-state index in [2.05, 4.69) is 0 Å². The summed E-state index contributed by atoms with van der Waals surface area (Å²) in [7, 11) is 2.97. The monoisotopic (exact) mass is 334 g/mol. The highest BCUT2D eigenvalue weighted by molar-refractivity contribution is 6.01. The molecule has 1 fully saturated rings. The molecule has 7 nitrogen and oxygen atoms in total. The molecule has 1 aromatic carbocycles. The molecule has 24 heavy (non-hydrogen) atoms. The van der Waals surface area contributed by atoms with Gasteiger partial charge in [-0.15, -0.1) is 0 Å². The maximum atomic E-state index is 12.5. The van der Waals surface area contributed by atoms with Gasteiger partial charge in [0.15, 0.2) is 0 Å². The lowest BCUT2D eigenvalue weighted by atomic mass is 10.1. The van der Waals surface area contributed by atoms with Gasteiger partial charge in [0.05, 0.1) is 18.7 Å². The minimum Gasteiger partial charge on any atom is -0.495 e. The molecular weight excluding hydrogens is 312 g/mol. The third-order valence-electron chi connectivity index (χ3n) is 4.39. The van der Waals surface area contributed by atoms with E-state index in [1.807, 2.05) is 19.1 Å². The van der Waals surface area contributed by atoms with Gasteiger partial charge in [0, 0.05) is 20.0 Å². The van der Waals surface area contributed by atoms with Crippen LogP contribution in [0, 0.1) is 12.8 Å². The average Bonchev–Trinajstić information content (AvgIpc) is 2.94. The molecule has 0 saturated carbocycles. The zero-order chi connectivity index (χ0) is 18.0. The average molecular weight is 334 g/mol. The first-order chi connectivity index (χ1) is 11.3. The minimum absolute atomic E-state index is 0.0621. The van der Waals surface area contributed by atoms with Gasteiger partial charge in [-0.05, 0) is 31.5 Å². The second kappa shape index (κ2) is 6.90. The molecule has 2 atom stereocenters. The van der Waals surface area contributed by atoms with Gasteiger partial charge in [0.1, 0.15) is 11.8 Å². The van der Waals surface area contributed by atoms with Gasteiger partial charge in [-0.25, -0.2) is 4.79 Å². The van der Waals surface area contributed by atoms with Gasteiger partial charge < -0.3 is 19.6 Å². The normalized spacial score (nSPS) is 18.4. The fraction of sp³-hybridized carbons (Fsp3) is 0.471. The number of carboxylic acids is 1. The van der Waals surface area contributed by atoms with Crippen molar-refractivity contribution in [3.8, 4) is 5.75 Å². The van der Waals surface area contributed by atoms with Gasteiger partial charge in [0.25, 0.3) is 0 Å². The van der Waals surface area contributed by atoms with Crippen molar-refractivity contribution in [2.75, 3.05) is 25.6 Å². The van der Waals surface area contributed by atoms with E-state index in [1.54, 1.807) is 6.07 Å². The lowest BCUT2D eigenvalue weighted by Crippen LogP contribution is -2.43. The topological polar surface area (TPSA) is 87.2 Å². The number of methoxy groups -OCH3 is 1. The number of aliphatic carboxylic acids is 1. The minimum atomic E-state index is -1.08. The summed E-state index contributed by atoms with van der Waals surface area (Å²) in [4.78, 5) is 38.6. The molecule has 2 rings (SSSR count). The van der Waals surface area contributed by atoms with E-state index in [1.165, 1.54) is 30.9 Å². The van der Waals surface area contributed by atoms with Crippen LogP contribution < -0.4 is 9.64 Å². The van der Waals surface area contributed by atoms with Crippen molar-refractivity contribution >= 4 is 23.5 Å². The maximum Gasteiger partial charge on any atom is 0.326 e. The predicted molar refractivity (Wildman–Crippen MR) is 88.1 cm³/mol. The number of hydrogen-bond donors (Lipinski definition) is 1. The fourth-order valence-electron chi connectivity index (χ4n) is 2.76. The summed E-state index contributed by atoms with van der Waals surface area (Å²) < 4.78 is 5.31. The Hall–Kier alpha value is -2.57. The van der Waals surface area contributed by atoms with Crippen LogP contribution in [0.4, 0.5) is 5.69 Å². The Labute approximate surface area is 140 Å².